The van der Waals surface area contributed by atoms with E-state index in [4.69, 9.17) is 0 Å². The molecule has 1 unspecified atom stereocenters. The number of anilines is 1. The molecule has 4 rings (SSSR count). The minimum Gasteiger partial charge on any atom is -0.332 e. The van der Waals surface area contributed by atoms with Gasteiger partial charge in [-0.2, -0.15) is 0 Å². The normalized spacial score (nSPS) is 17.9. The maximum Gasteiger partial charge on any atom is 0.251 e. The number of carbonyl (C=O) groups is 1. The van der Waals surface area contributed by atoms with Crippen LogP contribution in [0.4, 0.5) is 5.69 Å². The van der Waals surface area contributed by atoms with Gasteiger partial charge in [0.1, 0.15) is 11.7 Å². The van der Waals surface area contributed by atoms with Crippen molar-refractivity contribution in [3.05, 3.63) is 48.5 Å². The Bertz CT molecular complexity index is 912. The highest BCUT2D eigenvalue weighted by atomic mass is 16.2. The number of nitrogens with zero attached hydrogens (tertiary/aromatic N) is 6. The Morgan fingerprint density at radius 1 is 1.28 bits per heavy atom. The Balaban J connectivity index is 1.61. The molecule has 0 aliphatic carbocycles. The fourth-order valence-corrected chi connectivity index (χ4v) is 3.30. The van der Waals surface area contributed by atoms with Crippen LogP contribution in [0.5, 0.6) is 0 Å². The van der Waals surface area contributed by atoms with E-state index in [1.807, 2.05) is 53.9 Å². The van der Waals surface area contributed by atoms with Crippen molar-refractivity contribution >= 4 is 11.6 Å². The molecule has 1 amide bonds. The zero-order valence-corrected chi connectivity index (χ0v) is 14.3. The highest BCUT2D eigenvalue weighted by Crippen LogP contribution is 2.28. The summed E-state index contributed by atoms with van der Waals surface area (Å²) in [7, 11) is 1.91. The summed E-state index contributed by atoms with van der Waals surface area (Å²) in [4.78, 5) is 19.0. The van der Waals surface area contributed by atoms with Crippen molar-refractivity contribution in [3.8, 4) is 11.4 Å². The van der Waals surface area contributed by atoms with Crippen LogP contribution in [-0.2, 0) is 11.8 Å². The second kappa shape index (κ2) is 6.16. The average molecular weight is 336 g/mol. The van der Waals surface area contributed by atoms with Crippen molar-refractivity contribution < 1.29 is 4.79 Å². The lowest BCUT2D eigenvalue weighted by molar-refractivity contribution is -0.123. The van der Waals surface area contributed by atoms with Crippen molar-refractivity contribution in [1.82, 2.24) is 24.5 Å². The fraction of sp³-hybridized carbons (Fsp3) is 0.333. The summed E-state index contributed by atoms with van der Waals surface area (Å²) in [5, 5.41) is 8.43. The van der Waals surface area contributed by atoms with Gasteiger partial charge < -0.3 is 9.47 Å². The molecule has 0 spiro atoms. The quantitative estimate of drug-likeness (QED) is 0.736. The molecule has 1 aromatic carbocycles. The van der Waals surface area contributed by atoms with Crippen LogP contribution in [0.25, 0.3) is 11.4 Å². The first-order valence-electron chi connectivity index (χ1n) is 8.40. The lowest BCUT2D eigenvalue weighted by Crippen LogP contribution is -2.42. The van der Waals surface area contributed by atoms with Crippen molar-refractivity contribution in [3.63, 3.8) is 0 Å². The molecule has 3 heterocycles. The summed E-state index contributed by atoms with van der Waals surface area (Å²) in [6.07, 6.45) is 7.01. The Kier molecular flexibility index (Phi) is 3.83. The second-order valence-corrected chi connectivity index (χ2v) is 6.46. The molecule has 0 saturated carbocycles. The average Bonchev–Trinajstić information content (AvgIpc) is 3.24. The monoisotopic (exact) mass is 336 g/mol. The molecule has 3 aromatic rings. The second-order valence-electron chi connectivity index (χ2n) is 6.46. The third kappa shape index (κ3) is 2.82. The molecule has 0 bridgehead atoms. The third-order valence-corrected chi connectivity index (χ3v) is 4.63. The van der Waals surface area contributed by atoms with E-state index in [0.29, 0.717) is 0 Å². The summed E-state index contributed by atoms with van der Waals surface area (Å²) in [6.45, 7) is 2.77. The van der Waals surface area contributed by atoms with Crippen molar-refractivity contribution in [2.75, 3.05) is 11.4 Å². The van der Waals surface area contributed by atoms with Gasteiger partial charge in [-0.25, -0.2) is 9.67 Å². The Morgan fingerprint density at radius 2 is 2.16 bits per heavy atom. The largest absolute Gasteiger partial charge is 0.332 e. The molecule has 1 atom stereocenters. The SMILES string of the molecule is Cc1cccc(N2CCCC(n3cc(-c4cncn4C)nn3)C2=O)c1. The van der Waals surface area contributed by atoms with Crippen molar-refractivity contribution in [1.29, 1.82) is 0 Å². The van der Waals surface area contributed by atoms with Crippen LogP contribution in [0.15, 0.2) is 43.0 Å². The summed E-state index contributed by atoms with van der Waals surface area (Å²) < 4.78 is 3.57. The predicted molar refractivity (Wildman–Crippen MR) is 94.0 cm³/mol. The van der Waals surface area contributed by atoms with E-state index in [1.165, 1.54) is 0 Å². The van der Waals surface area contributed by atoms with Crippen molar-refractivity contribution in [2.24, 2.45) is 7.05 Å². The number of benzene rings is 1. The lowest BCUT2D eigenvalue weighted by Gasteiger charge is -2.32. The number of carbonyl (C=O) groups excluding carboxylic acids is 1. The molecule has 7 nitrogen and oxygen atoms in total. The van der Waals surface area contributed by atoms with E-state index < -0.39 is 0 Å². The van der Waals surface area contributed by atoms with Gasteiger partial charge in [-0.1, -0.05) is 17.3 Å². The number of aryl methyl sites for hydroxylation is 2. The number of rotatable bonds is 3. The summed E-state index contributed by atoms with van der Waals surface area (Å²) in [6, 6.07) is 7.73. The minimum atomic E-state index is -0.316. The molecule has 1 aliphatic heterocycles. The van der Waals surface area contributed by atoms with E-state index >= 15 is 0 Å². The lowest BCUT2D eigenvalue weighted by atomic mass is 10.0. The van der Waals surface area contributed by atoms with E-state index in [-0.39, 0.29) is 11.9 Å². The molecule has 7 heteroatoms. The molecule has 1 fully saturated rings. The summed E-state index contributed by atoms with van der Waals surface area (Å²) in [5.74, 6) is 0.0679. The fourth-order valence-electron chi connectivity index (χ4n) is 3.30. The van der Waals surface area contributed by atoms with Crippen LogP contribution < -0.4 is 4.90 Å². The van der Waals surface area contributed by atoms with Gasteiger partial charge in [0.2, 0.25) is 0 Å². The smallest absolute Gasteiger partial charge is 0.251 e. The molecular weight excluding hydrogens is 316 g/mol. The summed E-state index contributed by atoms with van der Waals surface area (Å²) in [5.41, 5.74) is 3.69. The first kappa shape index (κ1) is 15.6. The molecule has 25 heavy (non-hydrogen) atoms. The highest BCUT2D eigenvalue weighted by molar-refractivity contribution is 5.96. The number of piperidine rings is 1. The van der Waals surface area contributed by atoms with Crippen LogP contribution in [0, 0.1) is 6.92 Å². The van der Waals surface area contributed by atoms with Gasteiger partial charge in [-0.3, -0.25) is 4.79 Å². The van der Waals surface area contributed by atoms with Gasteiger partial charge in [0.25, 0.3) is 5.91 Å². The van der Waals surface area contributed by atoms with Gasteiger partial charge in [-0.15, -0.1) is 5.10 Å². The van der Waals surface area contributed by atoms with Crippen molar-refractivity contribution in [2.45, 2.75) is 25.8 Å². The van der Waals surface area contributed by atoms with E-state index in [0.717, 1.165) is 42.0 Å². The maximum absolute atomic E-state index is 13.0. The molecule has 2 aromatic heterocycles. The Morgan fingerprint density at radius 3 is 2.92 bits per heavy atom. The zero-order valence-electron chi connectivity index (χ0n) is 14.3. The summed E-state index contributed by atoms with van der Waals surface area (Å²) >= 11 is 0. The van der Waals surface area contributed by atoms with E-state index in [2.05, 4.69) is 15.3 Å². The first-order valence-corrected chi connectivity index (χ1v) is 8.40. The van der Waals surface area contributed by atoms with Gasteiger partial charge >= 0.3 is 0 Å². The first-order chi connectivity index (χ1) is 12.1. The number of amides is 1. The number of imidazole rings is 1. The molecule has 1 aliphatic rings. The molecule has 0 radical (unpaired) electrons. The molecule has 0 N–H and O–H groups in total. The molecule has 128 valence electrons. The Hall–Kier alpha value is -2.96. The topological polar surface area (TPSA) is 68.8 Å². The van der Waals surface area contributed by atoms with E-state index in [9.17, 15) is 4.79 Å². The van der Waals surface area contributed by atoms with Crippen LogP contribution in [-0.4, -0.2) is 37.0 Å². The minimum absolute atomic E-state index is 0.0679. The zero-order chi connectivity index (χ0) is 17.4. The molecule has 1 saturated heterocycles. The molecular formula is C18H20N6O. The maximum atomic E-state index is 13.0. The predicted octanol–water partition coefficient (Wildman–Crippen LogP) is 2.36. The van der Waals surface area contributed by atoms with Gasteiger partial charge in [0.05, 0.1) is 24.4 Å². The van der Waals surface area contributed by atoms with E-state index in [1.54, 1.807) is 17.2 Å². The number of aromatic nitrogens is 5. The number of hydrogen-bond acceptors (Lipinski definition) is 4. The number of hydrogen-bond donors (Lipinski definition) is 0. The third-order valence-electron chi connectivity index (χ3n) is 4.63. The Labute approximate surface area is 145 Å². The van der Waals surface area contributed by atoms with Gasteiger partial charge in [0, 0.05) is 19.3 Å². The highest BCUT2D eigenvalue weighted by Gasteiger charge is 2.32. The van der Waals surface area contributed by atoms with Crippen LogP contribution in [0.3, 0.4) is 0 Å². The van der Waals surface area contributed by atoms with Gasteiger partial charge in [0.15, 0.2) is 0 Å². The standard InChI is InChI=1S/C18H20N6O/c1-13-5-3-6-14(9-13)23-8-4-7-16(18(23)25)24-11-15(20-21-24)17-10-19-12-22(17)2/h3,5-6,9-12,16H,4,7-8H2,1-2H3. The van der Waals surface area contributed by atoms with Crippen LogP contribution in [0.1, 0.15) is 24.4 Å². The van der Waals surface area contributed by atoms with Crippen LogP contribution in [0.2, 0.25) is 0 Å². The van der Waals surface area contributed by atoms with Gasteiger partial charge in [-0.05, 0) is 37.5 Å². The van der Waals surface area contributed by atoms with Crippen LogP contribution >= 0.6 is 0 Å².